The van der Waals surface area contributed by atoms with Crippen molar-refractivity contribution in [3.63, 3.8) is 0 Å². The number of aryl methyl sites for hydroxylation is 1. The van der Waals surface area contributed by atoms with E-state index in [9.17, 15) is 9.59 Å². The van der Waals surface area contributed by atoms with Gasteiger partial charge in [0.25, 0.3) is 0 Å². The molecular formula is C21H15ClO2. The Morgan fingerprint density at radius 1 is 0.750 bits per heavy atom. The molecule has 0 saturated heterocycles. The molecule has 3 rings (SSSR count). The Bertz CT molecular complexity index is 914. The molecule has 2 nitrogen and oxygen atoms in total. The largest absolute Gasteiger partial charge is 0.285 e. The Morgan fingerprint density at radius 3 is 2.08 bits per heavy atom. The number of hydrogen-bond acceptors (Lipinski definition) is 2. The highest BCUT2D eigenvalue weighted by atomic mass is 35.5. The van der Waals surface area contributed by atoms with Gasteiger partial charge in [0, 0.05) is 11.1 Å². The Morgan fingerprint density at radius 2 is 1.38 bits per heavy atom. The Labute approximate surface area is 145 Å². The second-order valence-corrected chi connectivity index (χ2v) is 5.96. The topological polar surface area (TPSA) is 34.1 Å². The molecule has 0 N–H and O–H groups in total. The molecule has 0 aliphatic heterocycles. The van der Waals surface area contributed by atoms with Gasteiger partial charge in [-0.05, 0) is 35.7 Å². The van der Waals surface area contributed by atoms with Crippen molar-refractivity contribution >= 4 is 23.2 Å². The summed E-state index contributed by atoms with van der Waals surface area (Å²) in [6, 6.07) is 21.7. The maximum absolute atomic E-state index is 12.8. The highest BCUT2D eigenvalue weighted by Crippen LogP contribution is 2.26. The molecule has 24 heavy (non-hydrogen) atoms. The lowest BCUT2D eigenvalue weighted by atomic mass is 9.93. The van der Waals surface area contributed by atoms with Crippen LogP contribution in [-0.2, 0) is 0 Å². The lowest BCUT2D eigenvalue weighted by molar-refractivity contribution is 0.0817. The van der Waals surface area contributed by atoms with Gasteiger partial charge in [-0.15, -0.1) is 0 Å². The lowest BCUT2D eigenvalue weighted by Crippen LogP contribution is -2.16. The third-order valence-electron chi connectivity index (χ3n) is 3.83. The van der Waals surface area contributed by atoms with Crippen LogP contribution in [0.25, 0.3) is 11.1 Å². The molecule has 3 aromatic rings. The van der Waals surface area contributed by atoms with Gasteiger partial charge < -0.3 is 0 Å². The first kappa shape index (κ1) is 16.2. The first-order valence-corrected chi connectivity index (χ1v) is 7.95. The van der Waals surface area contributed by atoms with Crippen molar-refractivity contribution in [3.05, 3.63) is 94.5 Å². The predicted octanol–water partition coefficient (Wildman–Crippen LogP) is 5.38. The van der Waals surface area contributed by atoms with Crippen molar-refractivity contribution in [1.82, 2.24) is 0 Å². The summed E-state index contributed by atoms with van der Waals surface area (Å²) >= 11 is 6.14. The molecule has 0 saturated carbocycles. The van der Waals surface area contributed by atoms with Gasteiger partial charge in [-0.2, -0.15) is 0 Å². The molecule has 0 spiro atoms. The van der Waals surface area contributed by atoms with Gasteiger partial charge in [0.2, 0.25) is 11.6 Å². The Kier molecular flexibility index (Phi) is 4.59. The van der Waals surface area contributed by atoms with Gasteiger partial charge in [-0.25, -0.2) is 0 Å². The van der Waals surface area contributed by atoms with E-state index in [1.807, 2.05) is 49.4 Å². The number of ketones is 2. The van der Waals surface area contributed by atoms with Crippen LogP contribution in [-0.4, -0.2) is 11.6 Å². The fourth-order valence-electron chi connectivity index (χ4n) is 2.60. The maximum atomic E-state index is 12.8. The summed E-state index contributed by atoms with van der Waals surface area (Å²) in [5, 5.41) is 0.297. The third kappa shape index (κ3) is 3.15. The average molecular weight is 335 g/mol. The second kappa shape index (κ2) is 6.81. The molecule has 0 atom stereocenters. The number of carbonyl (C=O) groups is 2. The van der Waals surface area contributed by atoms with Gasteiger partial charge in [-0.1, -0.05) is 72.3 Å². The van der Waals surface area contributed by atoms with Crippen LogP contribution >= 0.6 is 11.6 Å². The zero-order valence-electron chi connectivity index (χ0n) is 13.1. The van der Waals surface area contributed by atoms with Gasteiger partial charge in [0.05, 0.1) is 5.02 Å². The first-order chi connectivity index (χ1) is 11.6. The number of Topliss-reactive ketones (excluding diaryl/α,β-unsaturated/α-hetero) is 2. The molecule has 118 valence electrons. The van der Waals surface area contributed by atoms with E-state index in [4.69, 9.17) is 11.6 Å². The molecule has 0 aromatic heterocycles. The van der Waals surface area contributed by atoms with Crippen LogP contribution in [0.15, 0.2) is 72.8 Å². The summed E-state index contributed by atoms with van der Waals surface area (Å²) in [6.07, 6.45) is 0. The number of hydrogen-bond donors (Lipinski definition) is 0. The van der Waals surface area contributed by atoms with Crippen molar-refractivity contribution < 1.29 is 9.59 Å². The van der Waals surface area contributed by atoms with Crippen LogP contribution in [0, 0.1) is 6.92 Å². The minimum Gasteiger partial charge on any atom is -0.285 e. The lowest BCUT2D eigenvalue weighted by Gasteiger charge is -2.09. The minimum absolute atomic E-state index is 0.232. The zero-order chi connectivity index (χ0) is 17.1. The SMILES string of the molecule is Cc1ccc(C(=O)C(=O)c2ccccc2-c2ccccc2)c(Cl)c1. The fourth-order valence-corrected chi connectivity index (χ4v) is 2.92. The molecule has 0 bridgehead atoms. The molecule has 0 unspecified atom stereocenters. The highest BCUT2D eigenvalue weighted by molar-refractivity contribution is 6.52. The van der Waals surface area contributed by atoms with Crippen molar-refractivity contribution in [2.24, 2.45) is 0 Å². The average Bonchev–Trinajstić information content (AvgIpc) is 2.61. The van der Waals surface area contributed by atoms with E-state index in [2.05, 4.69) is 0 Å². The van der Waals surface area contributed by atoms with Crippen molar-refractivity contribution in [3.8, 4) is 11.1 Å². The van der Waals surface area contributed by atoms with Crippen LogP contribution in [0.2, 0.25) is 5.02 Å². The van der Waals surface area contributed by atoms with Crippen LogP contribution in [0.1, 0.15) is 26.3 Å². The standard InChI is InChI=1S/C21H15ClO2/c1-14-11-12-18(19(22)13-14)21(24)20(23)17-10-6-5-9-16(17)15-7-3-2-4-8-15/h2-13H,1H3. The minimum atomic E-state index is -0.594. The molecule has 0 aliphatic carbocycles. The molecule has 3 aromatic carbocycles. The van der Waals surface area contributed by atoms with Gasteiger partial charge in [0.1, 0.15) is 0 Å². The van der Waals surface area contributed by atoms with Crippen LogP contribution in [0.3, 0.4) is 0 Å². The van der Waals surface area contributed by atoms with E-state index in [0.717, 1.165) is 16.7 Å². The first-order valence-electron chi connectivity index (χ1n) is 7.57. The molecule has 3 heteroatoms. The number of rotatable bonds is 4. The normalized spacial score (nSPS) is 10.4. The number of halogens is 1. The molecular weight excluding hydrogens is 320 g/mol. The predicted molar refractivity (Wildman–Crippen MR) is 96.7 cm³/mol. The summed E-state index contributed by atoms with van der Waals surface area (Å²) in [4.78, 5) is 25.4. The molecule has 0 heterocycles. The highest BCUT2D eigenvalue weighted by Gasteiger charge is 2.23. The van der Waals surface area contributed by atoms with Crippen LogP contribution < -0.4 is 0 Å². The Hall–Kier alpha value is -2.71. The van der Waals surface area contributed by atoms with Crippen LogP contribution in [0.5, 0.6) is 0 Å². The quantitative estimate of drug-likeness (QED) is 0.474. The van der Waals surface area contributed by atoms with E-state index in [1.54, 1.807) is 30.3 Å². The van der Waals surface area contributed by atoms with E-state index >= 15 is 0 Å². The molecule has 0 fully saturated rings. The number of benzene rings is 3. The van der Waals surface area contributed by atoms with Gasteiger partial charge in [-0.3, -0.25) is 9.59 Å². The molecule has 0 amide bonds. The monoisotopic (exact) mass is 334 g/mol. The van der Waals surface area contributed by atoms with Crippen LogP contribution in [0.4, 0.5) is 0 Å². The van der Waals surface area contributed by atoms with Gasteiger partial charge >= 0.3 is 0 Å². The molecule has 0 aliphatic rings. The van der Waals surface area contributed by atoms with Crippen molar-refractivity contribution in [2.45, 2.75) is 6.92 Å². The van der Waals surface area contributed by atoms with E-state index < -0.39 is 11.6 Å². The summed E-state index contributed by atoms with van der Waals surface area (Å²) in [5.74, 6) is -1.15. The van der Waals surface area contributed by atoms with Gasteiger partial charge in [0.15, 0.2) is 0 Å². The third-order valence-corrected chi connectivity index (χ3v) is 4.14. The van der Waals surface area contributed by atoms with E-state index in [1.165, 1.54) is 0 Å². The van der Waals surface area contributed by atoms with E-state index in [-0.39, 0.29) is 5.56 Å². The maximum Gasteiger partial charge on any atom is 0.235 e. The van der Waals surface area contributed by atoms with E-state index in [0.29, 0.717) is 10.6 Å². The summed E-state index contributed by atoms with van der Waals surface area (Å²) in [6.45, 7) is 1.88. The second-order valence-electron chi connectivity index (χ2n) is 5.55. The summed E-state index contributed by atoms with van der Waals surface area (Å²) in [5.41, 5.74) is 3.18. The Balaban J connectivity index is 2.03. The smallest absolute Gasteiger partial charge is 0.235 e. The molecule has 0 radical (unpaired) electrons. The number of carbonyl (C=O) groups excluding carboxylic acids is 2. The van der Waals surface area contributed by atoms with Crippen molar-refractivity contribution in [1.29, 1.82) is 0 Å². The zero-order valence-corrected chi connectivity index (χ0v) is 13.9. The summed E-state index contributed by atoms with van der Waals surface area (Å²) in [7, 11) is 0. The van der Waals surface area contributed by atoms with Crippen molar-refractivity contribution in [2.75, 3.05) is 0 Å². The summed E-state index contributed by atoms with van der Waals surface area (Å²) < 4.78 is 0. The fraction of sp³-hybridized carbons (Fsp3) is 0.0476.